The summed E-state index contributed by atoms with van der Waals surface area (Å²) < 4.78 is 10.5. The summed E-state index contributed by atoms with van der Waals surface area (Å²) >= 11 is 0. The Balaban J connectivity index is 1.75. The zero-order valence-electron chi connectivity index (χ0n) is 13.6. The Kier molecular flexibility index (Phi) is 4.61. The summed E-state index contributed by atoms with van der Waals surface area (Å²) in [7, 11) is 1.60. The van der Waals surface area contributed by atoms with E-state index in [0.717, 1.165) is 22.4 Å². The van der Waals surface area contributed by atoms with Crippen molar-refractivity contribution in [1.82, 2.24) is 10.3 Å². The molecule has 5 nitrogen and oxygen atoms in total. The number of methoxy groups -OCH3 is 1. The van der Waals surface area contributed by atoms with Gasteiger partial charge in [-0.15, -0.1) is 0 Å². The van der Waals surface area contributed by atoms with E-state index in [9.17, 15) is 4.79 Å². The summed E-state index contributed by atoms with van der Waals surface area (Å²) in [5.74, 6) is 0.916. The Morgan fingerprint density at radius 2 is 2.00 bits per heavy atom. The van der Waals surface area contributed by atoms with Crippen molar-refractivity contribution in [2.75, 3.05) is 7.11 Å². The van der Waals surface area contributed by atoms with Crippen LogP contribution in [0, 0.1) is 6.92 Å². The molecule has 0 aliphatic rings. The second kappa shape index (κ2) is 7.00. The van der Waals surface area contributed by atoms with E-state index in [1.165, 1.54) is 6.39 Å². The summed E-state index contributed by atoms with van der Waals surface area (Å²) in [5, 5.41) is 2.88. The Labute approximate surface area is 140 Å². The molecular weight excluding hydrogens is 304 g/mol. The van der Waals surface area contributed by atoms with E-state index in [-0.39, 0.29) is 11.6 Å². The Morgan fingerprint density at radius 1 is 1.21 bits per heavy atom. The quantitative estimate of drug-likeness (QED) is 0.779. The van der Waals surface area contributed by atoms with Crippen molar-refractivity contribution in [1.29, 1.82) is 0 Å². The van der Waals surface area contributed by atoms with Crippen LogP contribution in [0.2, 0.25) is 0 Å². The van der Waals surface area contributed by atoms with Gasteiger partial charge in [-0.3, -0.25) is 4.79 Å². The number of hydrogen-bond acceptors (Lipinski definition) is 4. The molecule has 0 bridgehead atoms. The zero-order valence-corrected chi connectivity index (χ0v) is 13.6. The molecule has 3 rings (SSSR count). The molecule has 0 aliphatic heterocycles. The molecule has 1 amide bonds. The lowest BCUT2D eigenvalue weighted by atomic mass is 10.1. The molecule has 0 spiro atoms. The van der Waals surface area contributed by atoms with Crippen molar-refractivity contribution in [3.05, 3.63) is 71.7 Å². The average molecular weight is 322 g/mol. The molecule has 0 saturated heterocycles. The van der Waals surface area contributed by atoms with E-state index in [0.29, 0.717) is 12.3 Å². The minimum atomic E-state index is -0.268. The van der Waals surface area contributed by atoms with E-state index in [4.69, 9.17) is 9.15 Å². The van der Waals surface area contributed by atoms with E-state index in [2.05, 4.69) is 10.3 Å². The first-order valence-corrected chi connectivity index (χ1v) is 7.59. The number of nitrogens with zero attached hydrogens (tertiary/aromatic N) is 1. The molecule has 0 unspecified atom stereocenters. The first kappa shape index (κ1) is 15.8. The fourth-order valence-electron chi connectivity index (χ4n) is 2.44. The van der Waals surface area contributed by atoms with Crippen LogP contribution in [0.15, 0.2) is 59.3 Å². The average Bonchev–Trinajstić information content (AvgIpc) is 3.09. The number of hydrogen-bond donors (Lipinski definition) is 1. The molecule has 0 aliphatic carbocycles. The van der Waals surface area contributed by atoms with E-state index >= 15 is 0 Å². The Bertz CT molecular complexity index is 838. The largest absolute Gasteiger partial charge is 0.497 e. The number of aryl methyl sites for hydroxylation is 1. The van der Waals surface area contributed by atoms with Crippen LogP contribution in [0.4, 0.5) is 0 Å². The second-order valence-corrected chi connectivity index (χ2v) is 5.43. The SMILES string of the molecule is COc1ccc(-c2ocnc2C(=O)NCc2cccc(C)c2)cc1. The molecule has 0 radical (unpaired) electrons. The molecule has 5 heteroatoms. The number of nitrogens with one attached hydrogen (secondary N) is 1. The van der Waals surface area contributed by atoms with Gasteiger partial charge in [-0.2, -0.15) is 0 Å². The summed E-state index contributed by atoms with van der Waals surface area (Å²) in [6.45, 7) is 2.46. The van der Waals surface area contributed by atoms with Gasteiger partial charge in [0.05, 0.1) is 7.11 Å². The van der Waals surface area contributed by atoms with Crippen molar-refractivity contribution in [3.63, 3.8) is 0 Å². The summed E-state index contributed by atoms with van der Waals surface area (Å²) in [6.07, 6.45) is 1.28. The predicted molar refractivity (Wildman–Crippen MR) is 90.8 cm³/mol. The highest BCUT2D eigenvalue weighted by atomic mass is 16.5. The number of carbonyl (C=O) groups is 1. The zero-order chi connectivity index (χ0) is 16.9. The van der Waals surface area contributed by atoms with E-state index in [1.54, 1.807) is 7.11 Å². The molecule has 0 atom stereocenters. The van der Waals surface area contributed by atoms with Gasteiger partial charge in [0, 0.05) is 12.1 Å². The smallest absolute Gasteiger partial charge is 0.274 e. The van der Waals surface area contributed by atoms with Gasteiger partial charge in [0.1, 0.15) is 5.75 Å². The number of carbonyl (C=O) groups excluding carboxylic acids is 1. The minimum absolute atomic E-state index is 0.268. The van der Waals surface area contributed by atoms with Gasteiger partial charge in [0.15, 0.2) is 17.8 Å². The van der Waals surface area contributed by atoms with Crippen LogP contribution >= 0.6 is 0 Å². The Morgan fingerprint density at radius 3 is 2.71 bits per heavy atom. The van der Waals surface area contributed by atoms with Crippen molar-refractivity contribution >= 4 is 5.91 Å². The highest BCUT2D eigenvalue weighted by Gasteiger charge is 2.18. The number of benzene rings is 2. The molecule has 1 aromatic heterocycles. The van der Waals surface area contributed by atoms with Crippen molar-refractivity contribution in [2.45, 2.75) is 13.5 Å². The molecular formula is C19H18N2O3. The van der Waals surface area contributed by atoms with Gasteiger partial charge in [-0.25, -0.2) is 4.98 Å². The Hall–Kier alpha value is -3.08. The second-order valence-electron chi connectivity index (χ2n) is 5.43. The molecule has 2 aromatic carbocycles. The highest BCUT2D eigenvalue weighted by molar-refractivity contribution is 5.97. The third kappa shape index (κ3) is 3.46. The van der Waals surface area contributed by atoms with Gasteiger partial charge in [0.25, 0.3) is 5.91 Å². The van der Waals surface area contributed by atoms with Gasteiger partial charge < -0.3 is 14.5 Å². The summed E-state index contributed by atoms with van der Waals surface area (Å²) in [5.41, 5.74) is 3.24. The summed E-state index contributed by atoms with van der Waals surface area (Å²) in [4.78, 5) is 16.5. The first-order valence-electron chi connectivity index (χ1n) is 7.59. The fraction of sp³-hybridized carbons (Fsp3) is 0.158. The number of rotatable bonds is 5. The van der Waals surface area contributed by atoms with Crippen molar-refractivity contribution < 1.29 is 13.9 Å². The minimum Gasteiger partial charge on any atom is -0.497 e. The lowest BCUT2D eigenvalue weighted by Crippen LogP contribution is -2.23. The van der Waals surface area contributed by atoms with Crippen LogP contribution in [0.5, 0.6) is 5.75 Å². The molecule has 122 valence electrons. The maximum Gasteiger partial charge on any atom is 0.274 e. The van der Waals surface area contributed by atoms with Gasteiger partial charge in [0.2, 0.25) is 0 Å². The van der Waals surface area contributed by atoms with Gasteiger partial charge >= 0.3 is 0 Å². The number of oxazole rings is 1. The van der Waals surface area contributed by atoms with Crippen molar-refractivity contribution in [3.8, 4) is 17.1 Å². The fourth-order valence-corrected chi connectivity index (χ4v) is 2.44. The predicted octanol–water partition coefficient (Wildman–Crippen LogP) is 3.59. The molecule has 24 heavy (non-hydrogen) atoms. The highest BCUT2D eigenvalue weighted by Crippen LogP contribution is 2.25. The monoisotopic (exact) mass is 322 g/mol. The molecule has 0 fully saturated rings. The molecule has 3 aromatic rings. The first-order chi connectivity index (χ1) is 11.7. The maximum absolute atomic E-state index is 12.4. The van der Waals surface area contributed by atoms with Crippen LogP contribution < -0.4 is 10.1 Å². The lowest BCUT2D eigenvalue weighted by Gasteiger charge is -2.06. The third-order valence-corrected chi connectivity index (χ3v) is 3.67. The van der Waals surface area contributed by atoms with E-state index < -0.39 is 0 Å². The third-order valence-electron chi connectivity index (χ3n) is 3.67. The normalized spacial score (nSPS) is 10.4. The molecule has 0 saturated carbocycles. The summed E-state index contributed by atoms with van der Waals surface area (Å²) in [6, 6.07) is 15.3. The number of ether oxygens (including phenoxy) is 1. The van der Waals surface area contributed by atoms with E-state index in [1.807, 2.05) is 55.5 Å². The van der Waals surface area contributed by atoms with Crippen LogP contribution in [0.3, 0.4) is 0 Å². The van der Waals surface area contributed by atoms with Crippen LogP contribution in [0.25, 0.3) is 11.3 Å². The number of aromatic nitrogens is 1. The van der Waals surface area contributed by atoms with Gasteiger partial charge in [-0.1, -0.05) is 29.8 Å². The van der Waals surface area contributed by atoms with Gasteiger partial charge in [-0.05, 0) is 36.8 Å². The number of amides is 1. The topological polar surface area (TPSA) is 64.4 Å². The maximum atomic E-state index is 12.4. The van der Waals surface area contributed by atoms with Crippen LogP contribution in [0.1, 0.15) is 21.6 Å². The van der Waals surface area contributed by atoms with Crippen LogP contribution in [-0.2, 0) is 6.54 Å². The lowest BCUT2D eigenvalue weighted by molar-refractivity contribution is 0.0946. The van der Waals surface area contributed by atoms with Crippen molar-refractivity contribution in [2.24, 2.45) is 0 Å². The standard InChI is InChI=1S/C19H18N2O3/c1-13-4-3-5-14(10-13)11-20-19(22)17-18(24-12-21-17)15-6-8-16(23-2)9-7-15/h3-10,12H,11H2,1-2H3,(H,20,22). The molecule has 1 heterocycles. The van der Waals surface area contributed by atoms with Crippen LogP contribution in [-0.4, -0.2) is 18.0 Å². The molecule has 1 N–H and O–H groups in total.